The quantitative estimate of drug-likeness (QED) is 0.492. The van der Waals surface area contributed by atoms with Gasteiger partial charge in [-0.05, 0) is 0 Å². The number of aromatic amines is 1. The highest BCUT2D eigenvalue weighted by Gasteiger charge is 2.35. The van der Waals surface area contributed by atoms with Gasteiger partial charge in [0.05, 0.1) is 18.5 Å². The zero-order valence-electron chi connectivity index (χ0n) is 9.78. The van der Waals surface area contributed by atoms with Crippen molar-refractivity contribution in [2.45, 2.75) is 24.9 Å². The summed E-state index contributed by atoms with van der Waals surface area (Å²) in [6, 6.07) is 0. The summed E-state index contributed by atoms with van der Waals surface area (Å²) in [7, 11) is 0. The summed E-state index contributed by atoms with van der Waals surface area (Å²) in [6.07, 6.45) is 0.793. The number of aliphatic hydroxyl groups is 1. The lowest BCUT2D eigenvalue weighted by atomic mass is 10.2. The van der Waals surface area contributed by atoms with Crippen LogP contribution < -0.4 is 11.3 Å². The number of hydrogen-bond acceptors (Lipinski definition) is 6. The van der Waals surface area contributed by atoms with Crippen molar-refractivity contribution in [3.8, 4) is 0 Å². The molecule has 2 aromatic heterocycles. The molecule has 1 aliphatic heterocycles. The van der Waals surface area contributed by atoms with Gasteiger partial charge in [0.25, 0.3) is 5.56 Å². The Morgan fingerprint density at radius 3 is 3.16 bits per heavy atom. The van der Waals surface area contributed by atoms with Gasteiger partial charge in [0.2, 0.25) is 5.95 Å². The van der Waals surface area contributed by atoms with Gasteiger partial charge >= 0.3 is 0 Å². The topological polar surface area (TPSA) is 119 Å². The van der Waals surface area contributed by atoms with Crippen LogP contribution in [-0.2, 0) is 4.74 Å². The average Bonchev–Trinajstić information content (AvgIpc) is 2.92. The molecule has 0 aliphatic carbocycles. The molecule has 8 nitrogen and oxygen atoms in total. The number of alkyl halides is 1. The van der Waals surface area contributed by atoms with Gasteiger partial charge in [-0.1, -0.05) is 22.6 Å². The lowest BCUT2D eigenvalue weighted by Gasteiger charge is -2.13. The number of H-pyrrole nitrogens is 1. The molecule has 3 heterocycles. The third-order valence-corrected chi connectivity index (χ3v) is 3.99. The third-order valence-electron chi connectivity index (χ3n) is 3.12. The Kier molecular flexibility index (Phi) is 3.19. The number of nitrogen functional groups attached to an aromatic ring is 1. The Bertz CT molecular complexity index is 669. The molecule has 1 saturated heterocycles. The number of anilines is 1. The minimum Gasteiger partial charge on any atom is -0.390 e. The monoisotopic (exact) mass is 377 g/mol. The second-order valence-electron chi connectivity index (χ2n) is 4.36. The molecule has 102 valence electrons. The second kappa shape index (κ2) is 4.72. The maximum absolute atomic E-state index is 11.7. The van der Waals surface area contributed by atoms with Gasteiger partial charge in [0.15, 0.2) is 11.2 Å². The van der Waals surface area contributed by atoms with E-state index in [2.05, 4.69) is 37.5 Å². The van der Waals surface area contributed by atoms with Gasteiger partial charge in [-0.2, -0.15) is 4.98 Å². The van der Waals surface area contributed by atoms with E-state index in [9.17, 15) is 9.90 Å². The molecular formula is C10H12IN5O3. The molecule has 1 fully saturated rings. The molecule has 3 rings (SSSR count). The number of aromatic nitrogens is 4. The van der Waals surface area contributed by atoms with Crippen molar-refractivity contribution < 1.29 is 9.84 Å². The highest BCUT2D eigenvalue weighted by molar-refractivity contribution is 14.1. The normalized spacial score (nSPS) is 27.2. The first kappa shape index (κ1) is 12.8. The van der Waals surface area contributed by atoms with Gasteiger partial charge in [0, 0.05) is 10.8 Å². The zero-order chi connectivity index (χ0) is 13.6. The van der Waals surface area contributed by atoms with E-state index in [0.717, 1.165) is 0 Å². The number of imidazole rings is 1. The van der Waals surface area contributed by atoms with Crippen LogP contribution in [0.4, 0.5) is 5.95 Å². The van der Waals surface area contributed by atoms with Crippen molar-refractivity contribution in [1.82, 2.24) is 19.5 Å². The van der Waals surface area contributed by atoms with E-state index < -0.39 is 6.10 Å². The van der Waals surface area contributed by atoms with E-state index in [1.165, 1.54) is 6.33 Å². The van der Waals surface area contributed by atoms with Gasteiger partial charge in [-0.25, -0.2) is 4.98 Å². The molecule has 3 atom stereocenters. The molecule has 1 aliphatic rings. The number of fused-ring (bicyclic) bond motifs is 1. The molecule has 4 N–H and O–H groups in total. The predicted molar refractivity (Wildman–Crippen MR) is 76.0 cm³/mol. The minimum absolute atomic E-state index is 0.0308. The fourth-order valence-corrected chi connectivity index (χ4v) is 2.97. The van der Waals surface area contributed by atoms with Crippen LogP contribution in [0.15, 0.2) is 11.1 Å². The summed E-state index contributed by atoms with van der Waals surface area (Å²) in [6.45, 7) is 0. The van der Waals surface area contributed by atoms with Crippen molar-refractivity contribution in [2.24, 2.45) is 0 Å². The molecule has 0 spiro atoms. The Balaban J connectivity index is 2.05. The van der Waals surface area contributed by atoms with Crippen molar-refractivity contribution in [3.63, 3.8) is 0 Å². The number of nitrogens with one attached hydrogen (secondary N) is 1. The Labute approximate surface area is 121 Å². The summed E-state index contributed by atoms with van der Waals surface area (Å²) >= 11 is 2.16. The van der Waals surface area contributed by atoms with Crippen LogP contribution in [0.25, 0.3) is 11.2 Å². The number of hydrogen-bond donors (Lipinski definition) is 3. The van der Waals surface area contributed by atoms with E-state index >= 15 is 0 Å². The van der Waals surface area contributed by atoms with Crippen LogP contribution in [0.1, 0.15) is 12.6 Å². The first-order valence-corrected chi connectivity index (χ1v) is 7.24. The molecule has 0 aromatic carbocycles. The van der Waals surface area contributed by atoms with Crippen LogP contribution in [0, 0.1) is 0 Å². The number of ether oxygens (including phenoxy) is 1. The molecule has 0 saturated carbocycles. The largest absolute Gasteiger partial charge is 0.390 e. The van der Waals surface area contributed by atoms with Gasteiger partial charge < -0.3 is 15.6 Å². The number of aliphatic hydroxyl groups excluding tert-OH is 1. The number of nitrogens with two attached hydrogens (primary N) is 1. The average molecular weight is 377 g/mol. The van der Waals surface area contributed by atoms with Crippen molar-refractivity contribution in [1.29, 1.82) is 0 Å². The number of rotatable bonds is 2. The van der Waals surface area contributed by atoms with Gasteiger partial charge in [-0.15, -0.1) is 0 Å². The van der Waals surface area contributed by atoms with E-state index in [0.29, 0.717) is 16.5 Å². The SMILES string of the molecule is Nc1nc2c(ncn2[C@H]2CC(O)[C@@H](CI)O2)c(=O)[nH]1. The lowest BCUT2D eigenvalue weighted by molar-refractivity contribution is -0.00221. The third kappa shape index (κ3) is 2.11. The maximum Gasteiger partial charge on any atom is 0.280 e. The summed E-state index contributed by atoms with van der Waals surface area (Å²) < 4.78 is 8.06. The van der Waals surface area contributed by atoms with E-state index in [-0.39, 0.29) is 29.4 Å². The summed E-state index contributed by atoms with van der Waals surface area (Å²) in [5, 5.41) is 9.86. The summed E-state index contributed by atoms with van der Waals surface area (Å²) in [4.78, 5) is 22.2. The molecule has 0 bridgehead atoms. The molecule has 0 radical (unpaired) electrons. The molecular weight excluding hydrogens is 365 g/mol. The van der Waals surface area contributed by atoms with E-state index in [1.807, 2.05) is 0 Å². The Morgan fingerprint density at radius 2 is 2.47 bits per heavy atom. The van der Waals surface area contributed by atoms with Gasteiger partial charge in [0.1, 0.15) is 6.23 Å². The van der Waals surface area contributed by atoms with Crippen molar-refractivity contribution in [3.05, 3.63) is 16.7 Å². The molecule has 0 amide bonds. The second-order valence-corrected chi connectivity index (χ2v) is 5.24. The number of nitrogens with zero attached hydrogens (tertiary/aromatic N) is 3. The smallest absolute Gasteiger partial charge is 0.280 e. The van der Waals surface area contributed by atoms with Crippen LogP contribution in [0.5, 0.6) is 0 Å². The van der Waals surface area contributed by atoms with Crippen LogP contribution in [0.3, 0.4) is 0 Å². The highest BCUT2D eigenvalue weighted by atomic mass is 127. The fraction of sp³-hybridized carbons (Fsp3) is 0.500. The molecule has 19 heavy (non-hydrogen) atoms. The predicted octanol–water partition coefficient (Wildman–Crippen LogP) is -0.215. The van der Waals surface area contributed by atoms with Crippen molar-refractivity contribution in [2.75, 3.05) is 10.2 Å². The maximum atomic E-state index is 11.7. The Morgan fingerprint density at radius 1 is 1.68 bits per heavy atom. The highest BCUT2D eigenvalue weighted by Crippen LogP contribution is 2.31. The molecule has 1 unspecified atom stereocenters. The van der Waals surface area contributed by atoms with Crippen molar-refractivity contribution >= 4 is 39.7 Å². The van der Waals surface area contributed by atoms with Gasteiger partial charge in [-0.3, -0.25) is 14.3 Å². The summed E-state index contributed by atoms with van der Waals surface area (Å²) in [5.74, 6) is 0.0308. The zero-order valence-corrected chi connectivity index (χ0v) is 11.9. The lowest BCUT2D eigenvalue weighted by Crippen LogP contribution is -2.21. The summed E-state index contributed by atoms with van der Waals surface area (Å²) in [5.41, 5.74) is 5.73. The van der Waals surface area contributed by atoms with Crippen LogP contribution >= 0.6 is 22.6 Å². The fourth-order valence-electron chi connectivity index (χ4n) is 2.18. The first-order chi connectivity index (χ1) is 9.10. The Hall–Kier alpha value is -1.20. The molecule has 9 heteroatoms. The standard InChI is InChI=1S/C10H12IN5O3/c11-2-5-4(17)1-6(19-5)16-3-13-7-8(16)14-10(12)15-9(7)18/h3-6,17H,1-2H2,(H3,12,14,15,18)/t4?,5-,6-/m1/s1. The van der Waals surface area contributed by atoms with E-state index in [4.69, 9.17) is 10.5 Å². The first-order valence-electron chi connectivity index (χ1n) is 5.72. The molecule has 2 aromatic rings. The number of halogens is 1. The van der Waals surface area contributed by atoms with Crippen LogP contribution in [0.2, 0.25) is 0 Å². The van der Waals surface area contributed by atoms with Crippen LogP contribution in [-0.4, -0.2) is 41.3 Å². The van der Waals surface area contributed by atoms with E-state index in [1.54, 1.807) is 4.57 Å². The minimum atomic E-state index is -0.529.